The summed E-state index contributed by atoms with van der Waals surface area (Å²) in [6.07, 6.45) is 0.707. The van der Waals surface area contributed by atoms with Crippen molar-refractivity contribution in [3.8, 4) is 0 Å². The molecule has 0 aliphatic carbocycles. The summed E-state index contributed by atoms with van der Waals surface area (Å²) in [7, 11) is 1.75. The second-order valence-electron chi connectivity index (χ2n) is 4.26. The van der Waals surface area contributed by atoms with Crippen molar-refractivity contribution < 1.29 is 9.90 Å². The summed E-state index contributed by atoms with van der Waals surface area (Å²) in [4.78, 5) is 12.4. The van der Waals surface area contributed by atoms with Crippen molar-refractivity contribution in [3.63, 3.8) is 0 Å². The van der Waals surface area contributed by atoms with E-state index in [1.807, 2.05) is 20.8 Å². The first-order chi connectivity index (χ1) is 6.73. The highest BCUT2D eigenvalue weighted by Gasteiger charge is 2.31. The Morgan fingerprint density at radius 3 is 2.40 bits per heavy atom. The monoisotopic (exact) mass is 275 g/mol. The molecule has 1 N–H and O–H groups in total. The number of halogens is 1. The molecule has 0 unspecified atom stereocenters. The molecule has 0 saturated carbocycles. The lowest BCUT2D eigenvalue weighted by Gasteiger charge is -2.31. The van der Waals surface area contributed by atoms with Gasteiger partial charge in [-0.25, -0.2) is 4.79 Å². The maximum absolute atomic E-state index is 11.2. The summed E-state index contributed by atoms with van der Waals surface area (Å²) in [6, 6.07) is 0. The maximum Gasteiger partial charge on any atom is 0.413 e. The van der Waals surface area contributed by atoms with Crippen molar-refractivity contribution in [2.45, 2.75) is 26.3 Å². The average Bonchev–Trinajstić information content (AvgIpc) is 2.26. The van der Waals surface area contributed by atoms with E-state index in [0.717, 1.165) is 0 Å². The zero-order chi connectivity index (χ0) is 11.8. The number of aromatic nitrogens is 2. The molecule has 0 aromatic carbocycles. The Kier molecular flexibility index (Phi) is 3.08. The summed E-state index contributed by atoms with van der Waals surface area (Å²) >= 11 is 3.29. The molecule has 0 atom stereocenters. The van der Waals surface area contributed by atoms with Crippen molar-refractivity contribution in [2.75, 3.05) is 4.90 Å². The van der Waals surface area contributed by atoms with Gasteiger partial charge in [0.15, 0.2) is 5.82 Å². The van der Waals surface area contributed by atoms with E-state index in [2.05, 4.69) is 21.0 Å². The molecule has 0 saturated heterocycles. The Labute approximate surface area is 96.8 Å². The number of hydrogen-bond donors (Lipinski definition) is 1. The molecule has 84 valence electrons. The third kappa shape index (κ3) is 2.50. The lowest BCUT2D eigenvalue weighted by molar-refractivity contribution is 0.195. The molecule has 0 bridgehead atoms. The molecule has 1 aromatic rings. The van der Waals surface area contributed by atoms with Gasteiger partial charge in [0.1, 0.15) is 0 Å². The first kappa shape index (κ1) is 12.0. The van der Waals surface area contributed by atoms with Crippen LogP contribution in [0.1, 0.15) is 20.8 Å². The first-order valence-electron chi connectivity index (χ1n) is 4.46. The number of carbonyl (C=O) groups is 1. The van der Waals surface area contributed by atoms with E-state index >= 15 is 0 Å². The fourth-order valence-corrected chi connectivity index (χ4v) is 1.85. The van der Waals surface area contributed by atoms with Crippen LogP contribution in [-0.4, -0.2) is 26.5 Å². The molecule has 0 aliphatic rings. The van der Waals surface area contributed by atoms with Gasteiger partial charge < -0.3 is 5.11 Å². The van der Waals surface area contributed by atoms with Crippen molar-refractivity contribution in [1.82, 2.24) is 9.78 Å². The second kappa shape index (κ2) is 3.84. The van der Waals surface area contributed by atoms with Gasteiger partial charge >= 0.3 is 6.09 Å². The summed E-state index contributed by atoms with van der Waals surface area (Å²) in [5, 5.41) is 13.3. The molecule has 6 heteroatoms. The predicted molar refractivity (Wildman–Crippen MR) is 61.2 cm³/mol. The van der Waals surface area contributed by atoms with Crippen LogP contribution in [0.5, 0.6) is 0 Å². The van der Waals surface area contributed by atoms with Crippen LogP contribution in [0.25, 0.3) is 0 Å². The van der Waals surface area contributed by atoms with Crippen LogP contribution in [0.3, 0.4) is 0 Å². The maximum atomic E-state index is 11.2. The highest BCUT2D eigenvalue weighted by atomic mass is 79.9. The van der Waals surface area contributed by atoms with Crippen LogP contribution >= 0.6 is 15.9 Å². The fourth-order valence-electron chi connectivity index (χ4n) is 1.29. The first-order valence-corrected chi connectivity index (χ1v) is 5.25. The van der Waals surface area contributed by atoms with E-state index < -0.39 is 11.6 Å². The van der Waals surface area contributed by atoms with Gasteiger partial charge in [-0.3, -0.25) is 9.58 Å². The van der Waals surface area contributed by atoms with Crippen molar-refractivity contribution >= 4 is 27.8 Å². The number of amides is 1. The van der Waals surface area contributed by atoms with Crippen molar-refractivity contribution in [2.24, 2.45) is 7.05 Å². The second-order valence-corrected chi connectivity index (χ2v) is 5.12. The van der Waals surface area contributed by atoms with Gasteiger partial charge in [0.2, 0.25) is 0 Å². The summed E-state index contributed by atoms with van der Waals surface area (Å²) in [5.41, 5.74) is -0.525. The molecule has 0 spiro atoms. The Morgan fingerprint density at radius 2 is 2.13 bits per heavy atom. The van der Waals surface area contributed by atoms with Gasteiger partial charge in [0.05, 0.1) is 4.47 Å². The normalized spacial score (nSPS) is 11.5. The summed E-state index contributed by atoms with van der Waals surface area (Å²) in [5.74, 6) is 0.414. The summed E-state index contributed by atoms with van der Waals surface area (Å²) in [6.45, 7) is 5.46. The Balaban J connectivity index is 3.22. The highest BCUT2D eigenvalue weighted by Crippen LogP contribution is 2.29. The van der Waals surface area contributed by atoms with Gasteiger partial charge in [-0.05, 0) is 36.7 Å². The van der Waals surface area contributed by atoms with Crippen LogP contribution in [-0.2, 0) is 7.05 Å². The molecule has 5 nitrogen and oxygen atoms in total. The zero-order valence-corrected chi connectivity index (χ0v) is 10.7. The van der Waals surface area contributed by atoms with E-state index in [0.29, 0.717) is 10.3 Å². The van der Waals surface area contributed by atoms with Crippen LogP contribution < -0.4 is 4.90 Å². The van der Waals surface area contributed by atoms with Crippen LogP contribution in [0.2, 0.25) is 0 Å². The minimum Gasteiger partial charge on any atom is -0.465 e. The quantitative estimate of drug-likeness (QED) is 0.857. The lowest BCUT2D eigenvalue weighted by atomic mass is 10.1. The van der Waals surface area contributed by atoms with Crippen molar-refractivity contribution in [1.29, 1.82) is 0 Å². The Hall–Kier alpha value is -1.04. The molecule has 1 amide bonds. The number of anilines is 1. The van der Waals surface area contributed by atoms with Gasteiger partial charge in [0.25, 0.3) is 0 Å². The van der Waals surface area contributed by atoms with E-state index in [9.17, 15) is 4.79 Å². The molecule has 1 heterocycles. The van der Waals surface area contributed by atoms with E-state index in [1.54, 1.807) is 17.9 Å². The Morgan fingerprint density at radius 1 is 1.60 bits per heavy atom. The topological polar surface area (TPSA) is 58.4 Å². The number of nitrogens with zero attached hydrogens (tertiary/aromatic N) is 3. The Bertz CT molecular complexity index is 381. The molecule has 0 fully saturated rings. The number of rotatable bonds is 1. The summed E-state index contributed by atoms with van der Waals surface area (Å²) < 4.78 is 2.24. The molecule has 15 heavy (non-hydrogen) atoms. The fraction of sp³-hybridized carbons (Fsp3) is 0.556. The average molecular weight is 276 g/mol. The van der Waals surface area contributed by atoms with Gasteiger partial charge in [-0.15, -0.1) is 0 Å². The number of hydrogen-bond acceptors (Lipinski definition) is 2. The van der Waals surface area contributed by atoms with E-state index in [-0.39, 0.29) is 0 Å². The van der Waals surface area contributed by atoms with Crippen LogP contribution in [0.15, 0.2) is 10.7 Å². The third-order valence-electron chi connectivity index (χ3n) is 1.84. The highest BCUT2D eigenvalue weighted by molar-refractivity contribution is 9.10. The molecular formula is C9H14BrN3O2. The van der Waals surface area contributed by atoms with Crippen LogP contribution in [0, 0.1) is 0 Å². The smallest absolute Gasteiger partial charge is 0.413 e. The van der Waals surface area contributed by atoms with Gasteiger partial charge in [-0.1, -0.05) is 0 Å². The standard InChI is InChI=1S/C9H14BrN3O2/c1-9(2,3)13(8(14)15)7-6(10)5-12(4)11-7/h5H,1-4H3,(H,14,15). The predicted octanol–water partition coefficient (Wildman–Crippen LogP) is 2.47. The van der Waals surface area contributed by atoms with E-state index in [1.165, 1.54) is 4.90 Å². The largest absolute Gasteiger partial charge is 0.465 e. The van der Waals surface area contributed by atoms with Gasteiger partial charge in [-0.2, -0.15) is 5.10 Å². The third-order valence-corrected chi connectivity index (χ3v) is 2.40. The molecule has 1 rings (SSSR count). The SMILES string of the molecule is Cn1cc(Br)c(N(C(=O)O)C(C)(C)C)n1. The lowest BCUT2D eigenvalue weighted by Crippen LogP contribution is -2.45. The van der Waals surface area contributed by atoms with Gasteiger partial charge in [0, 0.05) is 18.8 Å². The minimum absolute atomic E-state index is 0.414. The molecule has 0 aliphatic heterocycles. The number of aryl methyl sites for hydroxylation is 1. The van der Waals surface area contributed by atoms with Crippen LogP contribution in [0.4, 0.5) is 10.6 Å². The zero-order valence-electron chi connectivity index (χ0n) is 9.15. The molecular weight excluding hydrogens is 262 g/mol. The number of carboxylic acid groups (broad SMARTS) is 1. The molecule has 1 aromatic heterocycles. The van der Waals surface area contributed by atoms with Crippen molar-refractivity contribution in [3.05, 3.63) is 10.7 Å². The van der Waals surface area contributed by atoms with E-state index in [4.69, 9.17) is 5.11 Å². The minimum atomic E-state index is -1.01. The molecule has 0 radical (unpaired) electrons.